The number of nitrogens with two attached hydrogens (primary N) is 1. The van der Waals surface area contributed by atoms with E-state index in [0.29, 0.717) is 17.2 Å². The normalized spacial score (nSPS) is 10.1. The van der Waals surface area contributed by atoms with Crippen LogP contribution in [0.25, 0.3) is 0 Å². The number of aromatic nitrogens is 2. The predicted molar refractivity (Wildman–Crippen MR) is 81.8 cm³/mol. The maximum Gasteiger partial charge on any atom is 0.345 e. The van der Waals surface area contributed by atoms with Crippen molar-refractivity contribution in [2.75, 3.05) is 31.9 Å². The number of anilines is 3. The molecule has 22 heavy (non-hydrogen) atoms. The summed E-state index contributed by atoms with van der Waals surface area (Å²) in [4.78, 5) is 11.9. The number of benzene rings is 1. The van der Waals surface area contributed by atoms with E-state index in [1.54, 1.807) is 39.3 Å². The van der Waals surface area contributed by atoms with Crippen molar-refractivity contribution in [3.8, 4) is 11.5 Å². The van der Waals surface area contributed by atoms with Crippen LogP contribution in [0.4, 0.5) is 17.3 Å². The molecular weight excluding hydrogens is 288 g/mol. The van der Waals surface area contributed by atoms with Crippen LogP contribution in [0.15, 0.2) is 18.2 Å². The first-order chi connectivity index (χ1) is 10.6. The summed E-state index contributed by atoms with van der Waals surface area (Å²) < 4.78 is 15.4. The third-order valence-electron chi connectivity index (χ3n) is 2.89. The molecule has 0 radical (unpaired) electrons. The summed E-state index contributed by atoms with van der Waals surface area (Å²) in [6.45, 7) is 1.96. The molecule has 0 aliphatic carbocycles. The van der Waals surface area contributed by atoms with Crippen molar-refractivity contribution in [2.24, 2.45) is 0 Å². The minimum atomic E-state index is -0.550. The Hall–Kier alpha value is -2.90. The van der Waals surface area contributed by atoms with Gasteiger partial charge >= 0.3 is 5.97 Å². The molecule has 4 N–H and O–H groups in total. The molecule has 0 unspecified atom stereocenters. The highest BCUT2D eigenvalue weighted by atomic mass is 16.5. The highest BCUT2D eigenvalue weighted by Crippen LogP contribution is 2.29. The fourth-order valence-corrected chi connectivity index (χ4v) is 1.87. The standard InChI is InChI=1S/C14H18N4O4/c1-4-22-14(19)11-12(15)17-18-13(11)16-8-5-9(20-2)7-10(6-8)21-3/h5-7H,4H2,1-3H3,(H4,15,16,17,18). The second-order valence-corrected chi connectivity index (χ2v) is 4.31. The Bertz CT molecular complexity index is 647. The lowest BCUT2D eigenvalue weighted by Gasteiger charge is -2.10. The molecule has 0 bridgehead atoms. The SMILES string of the molecule is CCOC(=O)c1c(Nc2cc(OC)cc(OC)c2)n[nH]c1N. The number of H-pyrrole nitrogens is 1. The van der Waals surface area contributed by atoms with E-state index in [4.69, 9.17) is 19.9 Å². The number of hydrogen-bond donors (Lipinski definition) is 3. The highest BCUT2D eigenvalue weighted by Gasteiger charge is 2.20. The number of carbonyl (C=O) groups excluding carboxylic acids is 1. The van der Waals surface area contributed by atoms with Gasteiger partial charge in [-0.2, -0.15) is 5.10 Å². The Kier molecular flexibility index (Phi) is 4.72. The van der Waals surface area contributed by atoms with Gasteiger partial charge in [-0.15, -0.1) is 0 Å². The van der Waals surface area contributed by atoms with Gasteiger partial charge in [0.05, 0.1) is 20.8 Å². The maximum atomic E-state index is 11.9. The zero-order chi connectivity index (χ0) is 16.1. The zero-order valence-electron chi connectivity index (χ0n) is 12.6. The van der Waals surface area contributed by atoms with Gasteiger partial charge in [-0.3, -0.25) is 5.10 Å². The molecule has 0 aliphatic rings. The lowest BCUT2D eigenvalue weighted by Crippen LogP contribution is -2.09. The number of ether oxygens (including phenoxy) is 3. The van der Waals surface area contributed by atoms with Crippen molar-refractivity contribution in [3.05, 3.63) is 23.8 Å². The molecule has 1 heterocycles. The van der Waals surface area contributed by atoms with E-state index in [-0.39, 0.29) is 23.8 Å². The van der Waals surface area contributed by atoms with Gasteiger partial charge in [0.2, 0.25) is 0 Å². The molecule has 0 fully saturated rings. The van der Waals surface area contributed by atoms with Gasteiger partial charge in [-0.05, 0) is 6.92 Å². The Balaban J connectivity index is 2.33. The average molecular weight is 306 g/mol. The fourth-order valence-electron chi connectivity index (χ4n) is 1.87. The minimum absolute atomic E-state index is 0.135. The van der Waals surface area contributed by atoms with E-state index in [0.717, 1.165) is 0 Å². The molecule has 2 aromatic rings. The van der Waals surface area contributed by atoms with Gasteiger partial charge in [0.15, 0.2) is 5.82 Å². The number of hydrogen-bond acceptors (Lipinski definition) is 7. The first-order valence-corrected chi connectivity index (χ1v) is 6.60. The van der Waals surface area contributed by atoms with E-state index < -0.39 is 5.97 Å². The maximum absolute atomic E-state index is 11.9. The smallest absolute Gasteiger partial charge is 0.345 e. The van der Waals surface area contributed by atoms with Crippen LogP contribution in [0.2, 0.25) is 0 Å². The van der Waals surface area contributed by atoms with Crippen LogP contribution < -0.4 is 20.5 Å². The summed E-state index contributed by atoms with van der Waals surface area (Å²) in [5, 5.41) is 9.54. The molecule has 0 atom stereocenters. The van der Waals surface area contributed by atoms with Crippen molar-refractivity contribution in [1.82, 2.24) is 10.2 Å². The van der Waals surface area contributed by atoms with E-state index in [1.807, 2.05) is 0 Å². The van der Waals surface area contributed by atoms with Crippen molar-refractivity contribution < 1.29 is 19.0 Å². The molecule has 2 rings (SSSR count). The van der Waals surface area contributed by atoms with Crippen LogP contribution in [-0.2, 0) is 4.74 Å². The van der Waals surface area contributed by atoms with E-state index in [2.05, 4.69) is 15.5 Å². The molecule has 0 spiro atoms. The Morgan fingerprint density at radius 1 is 1.27 bits per heavy atom. The lowest BCUT2D eigenvalue weighted by atomic mass is 10.2. The lowest BCUT2D eigenvalue weighted by molar-refractivity contribution is 0.0529. The van der Waals surface area contributed by atoms with Gasteiger partial charge in [-0.1, -0.05) is 0 Å². The molecule has 0 saturated carbocycles. The summed E-state index contributed by atoms with van der Waals surface area (Å²) in [6.07, 6.45) is 0. The molecule has 0 aliphatic heterocycles. The first kappa shape index (κ1) is 15.5. The van der Waals surface area contributed by atoms with Crippen molar-refractivity contribution >= 4 is 23.3 Å². The van der Waals surface area contributed by atoms with Crippen LogP contribution in [-0.4, -0.2) is 37.0 Å². The molecule has 1 aromatic heterocycles. The summed E-state index contributed by atoms with van der Waals surface area (Å²) in [5.74, 6) is 1.05. The van der Waals surface area contributed by atoms with E-state index >= 15 is 0 Å². The Morgan fingerprint density at radius 3 is 2.45 bits per heavy atom. The summed E-state index contributed by atoms with van der Waals surface area (Å²) in [6, 6.07) is 5.21. The molecule has 1 aromatic carbocycles. The third-order valence-corrected chi connectivity index (χ3v) is 2.89. The minimum Gasteiger partial charge on any atom is -0.497 e. The number of methoxy groups -OCH3 is 2. The quantitative estimate of drug-likeness (QED) is 0.699. The first-order valence-electron chi connectivity index (χ1n) is 6.60. The predicted octanol–water partition coefficient (Wildman–Crippen LogP) is 1.93. The van der Waals surface area contributed by atoms with Crippen molar-refractivity contribution in [1.29, 1.82) is 0 Å². The van der Waals surface area contributed by atoms with E-state index in [9.17, 15) is 4.79 Å². The molecular formula is C14H18N4O4. The number of nitrogen functional groups attached to an aromatic ring is 1. The number of aromatic amines is 1. The monoisotopic (exact) mass is 306 g/mol. The van der Waals surface area contributed by atoms with Crippen LogP contribution in [0.3, 0.4) is 0 Å². The molecule has 118 valence electrons. The van der Waals surface area contributed by atoms with Crippen LogP contribution in [0, 0.1) is 0 Å². The van der Waals surface area contributed by atoms with Crippen molar-refractivity contribution in [2.45, 2.75) is 6.92 Å². The summed E-state index contributed by atoms with van der Waals surface area (Å²) in [7, 11) is 3.10. The fraction of sp³-hybridized carbons (Fsp3) is 0.286. The van der Waals surface area contributed by atoms with Gasteiger partial charge in [-0.25, -0.2) is 4.79 Å². The van der Waals surface area contributed by atoms with Gasteiger partial charge < -0.3 is 25.3 Å². The number of carbonyl (C=O) groups is 1. The van der Waals surface area contributed by atoms with Crippen LogP contribution in [0.5, 0.6) is 11.5 Å². The summed E-state index contributed by atoms with van der Waals surface area (Å²) >= 11 is 0. The third kappa shape index (κ3) is 3.22. The van der Waals surface area contributed by atoms with Crippen LogP contribution >= 0.6 is 0 Å². The van der Waals surface area contributed by atoms with Gasteiger partial charge in [0, 0.05) is 23.9 Å². The second kappa shape index (κ2) is 6.70. The number of rotatable bonds is 6. The highest BCUT2D eigenvalue weighted by molar-refractivity contribution is 6.00. The second-order valence-electron chi connectivity index (χ2n) is 4.31. The average Bonchev–Trinajstić information content (AvgIpc) is 2.87. The number of esters is 1. The topological polar surface area (TPSA) is 111 Å². The Morgan fingerprint density at radius 2 is 1.91 bits per heavy atom. The van der Waals surface area contributed by atoms with E-state index in [1.165, 1.54) is 0 Å². The Labute approximate surface area is 127 Å². The van der Waals surface area contributed by atoms with Gasteiger partial charge in [0.25, 0.3) is 0 Å². The van der Waals surface area contributed by atoms with Gasteiger partial charge in [0.1, 0.15) is 22.9 Å². The zero-order valence-corrected chi connectivity index (χ0v) is 12.6. The van der Waals surface area contributed by atoms with Crippen LogP contribution in [0.1, 0.15) is 17.3 Å². The van der Waals surface area contributed by atoms with Crippen molar-refractivity contribution in [3.63, 3.8) is 0 Å². The molecule has 8 nitrogen and oxygen atoms in total. The summed E-state index contributed by atoms with van der Waals surface area (Å²) in [5.41, 5.74) is 6.52. The molecule has 8 heteroatoms. The molecule has 0 amide bonds. The largest absolute Gasteiger partial charge is 0.497 e. The number of nitrogens with one attached hydrogen (secondary N) is 2. The number of nitrogens with zero attached hydrogens (tertiary/aromatic N) is 1. The molecule has 0 saturated heterocycles.